The van der Waals surface area contributed by atoms with Gasteiger partial charge in [0.15, 0.2) is 0 Å². The predicted molar refractivity (Wildman–Crippen MR) is 116 cm³/mol. The summed E-state index contributed by atoms with van der Waals surface area (Å²) in [6.45, 7) is 3.54. The second-order valence-electron chi connectivity index (χ2n) is 8.17. The Kier molecular flexibility index (Phi) is 7.62. The van der Waals surface area contributed by atoms with E-state index in [4.69, 9.17) is 0 Å². The van der Waals surface area contributed by atoms with Gasteiger partial charge in [0.05, 0.1) is 12.7 Å². The third-order valence-electron chi connectivity index (χ3n) is 5.97. The number of alkyl carbamates (subject to hydrolysis) is 1. The summed E-state index contributed by atoms with van der Waals surface area (Å²) in [5, 5.41) is 17.9. The smallest absolute Gasteiger partial charge is 0.406 e. The number of carbonyl (C=O) groups excluding carboxylic acids is 1. The average molecular weight is 433 g/mol. The summed E-state index contributed by atoms with van der Waals surface area (Å²) in [6, 6.07) is 9.04. The Bertz CT molecular complexity index is 895. The molecule has 2 atom stereocenters. The fourth-order valence-corrected chi connectivity index (χ4v) is 4.50. The summed E-state index contributed by atoms with van der Waals surface area (Å²) >= 11 is 0. The van der Waals surface area contributed by atoms with Crippen LogP contribution in [0.15, 0.2) is 36.4 Å². The Morgan fingerprint density at radius 2 is 2.13 bits per heavy atom. The highest BCUT2D eigenvalue weighted by Crippen LogP contribution is 2.43. The third-order valence-corrected chi connectivity index (χ3v) is 5.97. The van der Waals surface area contributed by atoms with Crippen LogP contribution < -0.4 is 10.6 Å². The van der Waals surface area contributed by atoms with Gasteiger partial charge in [-0.2, -0.15) is 0 Å². The van der Waals surface area contributed by atoms with E-state index in [1.54, 1.807) is 25.1 Å². The van der Waals surface area contributed by atoms with E-state index in [0.29, 0.717) is 42.6 Å². The van der Waals surface area contributed by atoms with Crippen molar-refractivity contribution in [3.63, 3.8) is 0 Å². The first-order valence-electron chi connectivity index (χ1n) is 10.7. The molecule has 0 aromatic heterocycles. The molecule has 3 N–H and O–H groups in total. The van der Waals surface area contributed by atoms with Gasteiger partial charge < -0.3 is 20.5 Å². The number of benzene rings is 2. The molecule has 0 saturated carbocycles. The lowest BCUT2D eigenvalue weighted by Crippen LogP contribution is -2.45. The van der Waals surface area contributed by atoms with Gasteiger partial charge in [-0.25, -0.2) is 13.6 Å². The number of rotatable bonds is 7. The van der Waals surface area contributed by atoms with Gasteiger partial charge in [-0.1, -0.05) is 18.2 Å². The largest absolute Gasteiger partial charge is 0.453 e. The van der Waals surface area contributed by atoms with Crippen molar-refractivity contribution in [2.24, 2.45) is 5.92 Å². The highest BCUT2D eigenvalue weighted by atomic mass is 19.1. The van der Waals surface area contributed by atoms with Crippen molar-refractivity contribution < 1.29 is 23.4 Å². The van der Waals surface area contributed by atoms with Crippen molar-refractivity contribution in [1.82, 2.24) is 10.6 Å². The first-order chi connectivity index (χ1) is 14.8. The number of hydrogen-bond donors (Lipinski definition) is 3. The molecule has 168 valence electrons. The monoisotopic (exact) mass is 432 g/mol. The number of nitrogens with one attached hydrogen (secondary N) is 2. The summed E-state index contributed by atoms with van der Waals surface area (Å²) in [5.41, 5.74) is 0.404. The van der Waals surface area contributed by atoms with Gasteiger partial charge in [0.2, 0.25) is 0 Å². The van der Waals surface area contributed by atoms with Crippen molar-refractivity contribution in [2.75, 3.05) is 26.7 Å². The van der Waals surface area contributed by atoms with Gasteiger partial charge in [-0.15, -0.1) is 0 Å². The highest BCUT2D eigenvalue weighted by molar-refractivity contribution is 5.70. The highest BCUT2D eigenvalue weighted by Gasteiger charge is 2.40. The van der Waals surface area contributed by atoms with E-state index in [2.05, 4.69) is 15.4 Å². The number of aryl methyl sites for hydroxylation is 1. The molecule has 0 radical (unpaired) electrons. The summed E-state index contributed by atoms with van der Waals surface area (Å²) in [7, 11) is 1.29. The van der Waals surface area contributed by atoms with Crippen LogP contribution in [-0.2, 0) is 10.3 Å². The van der Waals surface area contributed by atoms with Gasteiger partial charge >= 0.3 is 6.09 Å². The first kappa shape index (κ1) is 23.2. The molecule has 1 amide bonds. The lowest BCUT2D eigenvalue weighted by Gasteiger charge is -2.40. The number of hydrogen-bond acceptors (Lipinski definition) is 4. The van der Waals surface area contributed by atoms with E-state index in [1.807, 2.05) is 0 Å². The van der Waals surface area contributed by atoms with Crippen LogP contribution in [0, 0.1) is 24.5 Å². The third kappa shape index (κ3) is 5.40. The molecule has 1 fully saturated rings. The summed E-state index contributed by atoms with van der Waals surface area (Å²) in [4.78, 5) is 11.4. The van der Waals surface area contributed by atoms with E-state index in [0.717, 1.165) is 19.4 Å². The van der Waals surface area contributed by atoms with Crippen LogP contribution in [0.2, 0.25) is 0 Å². The number of amides is 1. The van der Waals surface area contributed by atoms with Gasteiger partial charge in [0.25, 0.3) is 0 Å². The van der Waals surface area contributed by atoms with E-state index in [9.17, 15) is 14.3 Å². The zero-order chi connectivity index (χ0) is 22.4. The van der Waals surface area contributed by atoms with E-state index >= 15 is 4.39 Å². The van der Waals surface area contributed by atoms with Crippen LogP contribution in [0.25, 0.3) is 11.1 Å². The fourth-order valence-electron chi connectivity index (χ4n) is 4.50. The lowest BCUT2D eigenvalue weighted by atomic mass is 9.72. The van der Waals surface area contributed by atoms with Gasteiger partial charge in [0.1, 0.15) is 11.6 Å². The second-order valence-corrected chi connectivity index (χ2v) is 8.17. The molecule has 2 aromatic carbocycles. The zero-order valence-corrected chi connectivity index (χ0v) is 18.0. The molecular weight excluding hydrogens is 402 g/mol. The molecule has 2 aromatic rings. The molecule has 0 bridgehead atoms. The van der Waals surface area contributed by atoms with E-state index in [1.165, 1.54) is 25.3 Å². The Hall–Kier alpha value is -2.51. The lowest BCUT2D eigenvalue weighted by molar-refractivity contribution is -0.0417. The molecule has 3 rings (SSSR count). The van der Waals surface area contributed by atoms with Crippen molar-refractivity contribution in [3.8, 4) is 11.1 Å². The molecule has 7 heteroatoms. The maximum atomic E-state index is 15.1. The van der Waals surface area contributed by atoms with Crippen molar-refractivity contribution in [2.45, 2.75) is 38.2 Å². The molecule has 1 heterocycles. The fraction of sp³-hybridized carbons (Fsp3) is 0.458. The number of halogens is 2. The first-order valence-corrected chi connectivity index (χ1v) is 10.7. The van der Waals surface area contributed by atoms with Crippen LogP contribution >= 0.6 is 0 Å². The SMILES string of the molecule is COC(=O)NCCCC(O)(c1cccc(F)c1-c1cc(C)cc(F)c1)C1CCCNC1. The second kappa shape index (κ2) is 10.2. The number of methoxy groups -OCH3 is 1. The number of ether oxygens (including phenoxy) is 1. The van der Waals surface area contributed by atoms with Crippen molar-refractivity contribution in [3.05, 3.63) is 59.2 Å². The van der Waals surface area contributed by atoms with Crippen molar-refractivity contribution >= 4 is 6.09 Å². The van der Waals surface area contributed by atoms with Gasteiger partial charge in [-0.05, 0) is 74.0 Å². The molecule has 1 saturated heterocycles. The summed E-state index contributed by atoms with van der Waals surface area (Å²) < 4.78 is 33.8. The molecular formula is C24H30F2N2O3. The zero-order valence-electron chi connectivity index (χ0n) is 18.0. The molecule has 0 aliphatic carbocycles. The van der Waals surface area contributed by atoms with Crippen LogP contribution in [0.1, 0.15) is 36.8 Å². The standard InChI is InChI=1S/C24H30F2N2O3/c1-16-12-17(14-19(25)13-16)22-20(7-3-8-21(22)26)24(30,18-6-4-10-27-15-18)9-5-11-28-23(29)31-2/h3,7-8,12-14,18,27,30H,4-6,9-11,15H2,1-2H3,(H,28,29). The van der Waals surface area contributed by atoms with Crippen molar-refractivity contribution in [1.29, 1.82) is 0 Å². The summed E-state index contributed by atoms with van der Waals surface area (Å²) in [5.74, 6) is -1.10. The topological polar surface area (TPSA) is 70.6 Å². The average Bonchev–Trinajstić information content (AvgIpc) is 2.76. The Labute approximate surface area is 181 Å². The number of aliphatic hydroxyl groups is 1. The molecule has 0 spiro atoms. The minimum Gasteiger partial charge on any atom is -0.453 e. The molecule has 1 aliphatic heterocycles. The normalized spacial score (nSPS) is 18.3. The molecule has 31 heavy (non-hydrogen) atoms. The number of piperidine rings is 1. The predicted octanol–water partition coefficient (Wildman–Crippen LogP) is 4.26. The Morgan fingerprint density at radius 1 is 1.32 bits per heavy atom. The Balaban J connectivity index is 2.02. The maximum absolute atomic E-state index is 15.1. The Morgan fingerprint density at radius 3 is 2.81 bits per heavy atom. The molecule has 2 unspecified atom stereocenters. The van der Waals surface area contributed by atoms with Crippen LogP contribution in [0.3, 0.4) is 0 Å². The number of carbonyl (C=O) groups is 1. The van der Waals surface area contributed by atoms with Crippen LogP contribution in [-0.4, -0.2) is 37.9 Å². The van der Waals surface area contributed by atoms with E-state index < -0.39 is 23.3 Å². The van der Waals surface area contributed by atoms with Gasteiger partial charge in [0, 0.05) is 24.6 Å². The minimum absolute atomic E-state index is 0.144. The molecule has 5 nitrogen and oxygen atoms in total. The van der Waals surface area contributed by atoms with Crippen LogP contribution in [0.4, 0.5) is 13.6 Å². The maximum Gasteiger partial charge on any atom is 0.406 e. The summed E-state index contributed by atoms with van der Waals surface area (Å²) in [6.07, 6.45) is 1.93. The van der Waals surface area contributed by atoms with E-state index in [-0.39, 0.29) is 11.5 Å². The molecule has 1 aliphatic rings. The quantitative estimate of drug-likeness (QED) is 0.572. The van der Waals surface area contributed by atoms with Gasteiger partial charge in [-0.3, -0.25) is 0 Å². The van der Waals surface area contributed by atoms with Crippen LogP contribution in [0.5, 0.6) is 0 Å². The minimum atomic E-state index is -1.34.